The summed E-state index contributed by atoms with van der Waals surface area (Å²) in [6.45, 7) is 6.30. The summed E-state index contributed by atoms with van der Waals surface area (Å²) in [7, 11) is 1.68. The molecule has 1 aromatic carbocycles. The Morgan fingerprint density at radius 2 is 1.71 bits per heavy atom. The molecular weight excluding hydrogens is 232 g/mol. The van der Waals surface area contributed by atoms with Crippen LogP contribution in [0.15, 0.2) is 24.3 Å². The second kappa shape index (κ2) is 15.0. The Bertz CT molecular complexity index is 222. The number of hydrogen-bond donors (Lipinski definition) is 1. The summed E-state index contributed by atoms with van der Waals surface area (Å²) in [5.74, 6) is 1.97. The van der Waals surface area contributed by atoms with E-state index in [0.717, 1.165) is 17.9 Å². The van der Waals surface area contributed by atoms with E-state index in [1.54, 1.807) is 7.11 Å². The molecule has 0 fully saturated rings. The van der Waals surface area contributed by atoms with E-state index in [2.05, 4.69) is 38.6 Å². The zero-order valence-electron chi connectivity index (χ0n) is 11.1. The third-order valence-corrected chi connectivity index (χ3v) is 2.40. The minimum Gasteiger partial charge on any atom is -0.497 e. The van der Waals surface area contributed by atoms with Crippen LogP contribution in [0.4, 0.5) is 0 Å². The van der Waals surface area contributed by atoms with Gasteiger partial charge in [-0.05, 0) is 36.3 Å². The monoisotopic (exact) mass is 256 g/mol. The Labute approximate surface area is 111 Å². The molecule has 0 aliphatic carbocycles. The summed E-state index contributed by atoms with van der Waals surface area (Å²) in [6, 6.07) is 8.13. The van der Waals surface area contributed by atoms with Crippen LogP contribution in [0.1, 0.15) is 32.3 Å². The zero-order valence-corrected chi connectivity index (χ0v) is 12.0. The number of carbonyl (C=O) groups excluding carboxylic acids is 1. The number of hydrogen-bond acceptors (Lipinski definition) is 3. The Hall–Kier alpha value is -0.960. The number of unbranched alkanes of at least 4 members (excludes halogenated alkanes) is 1. The lowest BCUT2D eigenvalue weighted by atomic mass is 10.2. The number of benzene rings is 1. The molecule has 3 heteroatoms. The average Bonchev–Trinajstić information content (AvgIpc) is 2.43. The van der Waals surface area contributed by atoms with Gasteiger partial charge in [0.05, 0.1) is 7.11 Å². The van der Waals surface area contributed by atoms with Gasteiger partial charge in [-0.25, -0.2) is 0 Å². The first kappa shape index (κ1) is 18.4. The molecule has 17 heavy (non-hydrogen) atoms. The van der Waals surface area contributed by atoms with Crippen LogP contribution in [0, 0.1) is 0 Å². The Morgan fingerprint density at radius 3 is 1.94 bits per heavy atom. The zero-order chi connectivity index (χ0) is 13.5. The van der Waals surface area contributed by atoms with Crippen LogP contribution >= 0.6 is 12.6 Å². The molecule has 0 saturated heterocycles. The highest BCUT2D eigenvalue weighted by molar-refractivity contribution is 7.80. The molecule has 0 unspecified atom stereocenters. The molecule has 1 rings (SSSR count). The molecule has 0 saturated carbocycles. The fourth-order valence-corrected chi connectivity index (χ4v) is 1.34. The number of carbonyl (C=O) groups is 1. The van der Waals surface area contributed by atoms with Crippen LogP contribution in [0.3, 0.4) is 0 Å². The SMILES string of the molecule is C=O.CCCCS.CCc1ccc(OC)cc1. The molecular formula is C14H24O2S. The minimum atomic E-state index is 0.928. The van der Waals surface area contributed by atoms with Crippen LogP contribution in [0.2, 0.25) is 0 Å². The third-order valence-electron chi connectivity index (χ3n) is 2.08. The predicted molar refractivity (Wildman–Crippen MR) is 78.3 cm³/mol. The molecule has 0 atom stereocenters. The van der Waals surface area contributed by atoms with Gasteiger partial charge >= 0.3 is 0 Å². The van der Waals surface area contributed by atoms with Crippen molar-refractivity contribution in [3.8, 4) is 5.75 Å². The van der Waals surface area contributed by atoms with Gasteiger partial charge in [-0.1, -0.05) is 32.4 Å². The Kier molecular flexibility index (Phi) is 16.3. The lowest BCUT2D eigenvalue weighted by molar-refractivity contribution is -0.0979. The molecule has 0 radical (unpaired) electrons. The van der Waals surface area contributed by atoms with Gasteiger partial charge < -0.3 is 9.53 Å². The van der Waals surface area contributed by atoms with Gasteiger partial charge in [-0.2, -0.15) is 12.6 Å². The number of methoxy groups -OCH3 is 1. The minimum absolute atomic E-state index is 0.928. The van der Waals surface area contributed by atoms with E-state index < -0.39 is 0 Å². The molecule has 0 aliphatic rings. The fraction of sp³-hybridized carbons (Fsp3) is 0.500. The summed E-state index contributed by atoms with van der Waals surface area (Å²) in [5.41, 5.74) is 1.35. The van der Waals surface area contributed by atoms with Crippen LogP contribution in [0.25, 0.3) is 0 Å². The first-order valence-electron chi connectivity index (χ1n) is 5.81. The molecule has 2 nitrogen and oxygen atoms in total. The normalized spacial score (nSPS) is 8.24. The van der Waals surface area contributed by atoms with Crippen LogP contribution in [0.5, 0.6) is 5.75 Å². The van der Waals surface area contributed by atoms with Gasteiger partial charge in [0, 0.05) is 0 Å². The molecule has 98 valence electrons. The standard InChI is InChI=1S/C9H12O.C4H10S.CH2O/c1-3-8-4-6-9(10-2)7-5-8;1-2-3-4-5;1-2/h4-7H,3H2,1-2H3;5H,2-4H2,1H3;1H2. The Balaban J connectivity index is 0. The highest BCUT2D eigenvalue weighted by atomic mass is 32.1. The van der Waals surface area contributed by atoms with Gasteiger partial charge in [0.15, 0.2) is 0 Å². The summed E-state index contributed by atoms with van der Waals surface area (Å²) in [5, 5.41) is 0. The maximum Gasteiger partial charge on any atom is 0.118 e. The average molecular weight is 256 g/mol. The van der Waals surface area contributed by atoms with Crippen molar-refractivity contribution in [2.24, 2.45) is 0 Å². The predicted octanol–water partition coefficient (Wildman–Crippen LogP) is 3.79. The summed E-state index contributed by atoms with van der Waals surface area (Å²) >= 11 is 4.00. The van der Waals surface area contributed by atoms with E-state index in [4.69, 9.17) is 9.53 Å². The number of rotatable bonds is 4. The van der Waals surface area contributed by atoms with Crippen molar-refractivity contribution >= 4 is 19.4 Å². The number of thiol groups is 1. The van der Waals surface area contributed by atoms with Crippen molar-refractivity contribution < 1.29 is 9.53 Å². The van der Waals surface area contributed by atoms with Gasteiger partial charge in [0.1, 0.15) is 12.5 Å². The van der Waals surface area contributed by atoms with Crippen molar-refractivity contribution in [3.05, 3.63) is 29.8 Å². The second-order valence-electron chi connectivity index (χ2n) is 3.28. The summed E-state index contributed by atoms with van der Waals surface area (Å²) in [4.78, 5) is 8.00. The first-order chi connectivity index (χ1) is 8.28. The van der Waals surface area contributed by atoms with E-state index in [1.807, 2.05) is 18.9 Å². The van der Waals surface area contributed by atoms with Crippen LogP contribution in [-0.4, -0.2) is 19.7 Å². The topological polar surface area (TPSA) is 26.3 Å². The lowest BCUT2D eigenvalue weighted by Crippen LogP contribution is -1.83. The lowest BCUT2D eigenvalue weighted by Gasteiger charge is -1.99. The number of aryl methyl sites for hydroxylation is 1. The molecule has 0 bridgehead atoms. The molecule has 0 spiro atoms. The van der Waals surface area contributed by atoms with Crippen molar-refractivity contribution in [1.29, 1.82) is 0 Å². The fourth-order valence-electron chi connectivity index (χ4n) is 1.02. The van der Waals surface area contributed by atoms with Gasteiger partial charge in [-0.3, -0.25) is 0 Å². The van der Waals surface area contributed by atoms with E-state index in [-0.39, 0.29) is 0 Å². The molecule has 0 heterocycles. The van der Waals surface area contributed by atoms with Crippen molar-refractivity contribution in [3.63, 3.8) is 0 Å². The van der Waals surface area contributed by atoms with E-state index in [1.165, 1.54) is 18.4 Å². The smallest absolute Gasteiger partial charge is 0.118 e. The maximum atomic E-state index is 8.00. The van der Waals surface area contributed by atoms with Gasteiger partial charge in [-0.15, -0.1) is 0 Å². The van der Waals surface area contributed by atoms with Crippen LogP contribution < -0.4 is 4.74 Å². The highest BCUT2D eigenvalue weighted by Crippen LogP contribution is 2.10. The maximum absolute atomic E-state index is 8.00. The van der Waals surface area contributed by atoms with E-state index in [9.17, 15) is 0 Å². The Morgan fingerprint density at radius 1 is 1.18 bits per heavy atom. The molecule has 0 aliphatic heterocycles. The van der Waals surface area contributed by atoms with E-state index >= 15 is 0 Å². The second-order valence-corrected chi connectivity index (χ2v) is 3.73. The van der Waals surface area contributed by atoms with Crippen molar-refractivity contribution in [2.75, 3.05) is 12.9 Å². The number of ether oxygens (including phenoxy) is 1. The van der Waals surface area contributed by atoms with Crippen LogP contribution in [-0.2, 0) is 11.2 Å². The quantitative estimate of drug-likeness (QED) is 0.830. The van der Waals surface area contributed by atoms with Gasteiger partial charge in [0.25, 0.3) is 0 Å². The van der Waals surface area contributed by atoms with Gasteiger partial charge in [0.2, 0.25) is 0 Å². The third kappa shape index (κ3) is 11.3. The molecule has 0 N–H and O–H groups in total. The van der Waals surface area contributed by atoms with E-state index in [0.29, 0.717) is 0 Å². The molecule has 1 aromatic rings. The summed E-state index contributed by atoms with van der Waals surface area (Å²) < 4.78 is 5.01. The highest BCUT2D eigenvalue weighted by Gasteiger charge is 1.89. The van der Waals surface area contributed by atoms with Crippen molar-refractivity contribution in [2.45, 2.75) is 33.1 Å². The largest absolute Gasteiger partial charge is 0.497 e. The van der Waals surface area contributed by atoms with Crippen molar-refractivity contribution in [1.82, 2.24) is 0 Å². The first-order valence-corrected chi connectivity index (χ1v) is 6.44. The molecule has 0 amide bonds. The molecule has 0 aromatic heterocycles. The summed E-state index contributed by atoms with van der Waals surface area (Å²) in [6.07, 6.45) is 3.61.